The van der Waals surface area contributed by atoms with E-state index in [4.69, 9.17) is 14.6 Å². The van der Waals surface area contributed by atoms with E-state index in [1.807, 2.05) is 12.1 Å². The Labute approximate surface area is 129 Å². The quantitative estimate of drug-likeness (QED) is 0.795. The summed E-state index contributed by atoms with van der Waals surface area (Å²) in [6, 6.07) is 6.30. The highest BCUT2D eigenvalue weighted by molar-refractivity contribution is 5.82. The van der Waals surface area contributed by atoms with Crippen molar-refractivity contribution in [3.8, 4) is 5.75 Å². The van der Waals surface area contributed by atoms with Crippen LogP contribution in [0.1, 0.15) is 25.3 Å². The molecule has 120 valence electrons. The lowest BCUT2D eigenvalue weighted by molar-refractivity contribution is -0.141. The van der Waals surface area contributed by atoms with Crippen molar-refractivity contribution in [2.24, 2.45) is 0 Å². The Morgan fingerprint density at radius 3 is 2.68 bits per heavy atom. The largest absolute Gasteiger partial charge is 0.491 e. The molecular formula is C16H21NO5. The average molecular weight is 307 g/mol. The van der Waals surface area contributed by atoms with Gasteiger partial charge in [-0.3, -0.25) is 4.79 Å². The first kappa shape index (κ1) is 16.3. The number of benzene rings is 1. The number of hydrogen-bond donors (Lipinski definition) is 2. The summed E-state index contributed by atoms with van der Waals surface area (Å²) in [5.41, 5.74) is 0.825. The molecule has 0 bridgehead atoms. The lowest BCUT2D eigenvalue weighted by atomic mass is 10.1. The number of ether oxygens (including phenoxy) is 2. The van der Waals surface area contributed by atoms with Crippen LogP contribution in [0.3, 0.4) is 0 Å². The van der Waals surface area contributed by atoms with Crippen LogP contribution >= 0.6 is 0 Å². The third-order valence-electron chi connectivity index (χ3n) is 3.50. The van der Waals surface area contributed by atoms with Gasteiger partial charge < -0.3 is 19.9 Å². The number of nitrogens with one attached hydrogen (secondary N) is 1. The highest BCUT2D eigenvalue weighted by Gasteiger charge is 2.19. The van der Waals surface area contributed by atoms with Crippen LogP contribution in [0.15, 0.2) is 24.3 Å². The van der Waals surface area contributed by atoms with Crippen LogP contribution < -0.4 is 10.1 Å². The van der Waals surface area contributed by atoms with Crippen molar-refractivity contribution < 1.29 is 24.2 Å². The first-order valence-corrected chi connectivity index (χ1v) is 7.38. The number of rotatable bonds is 7. The van der Waals surface area contributed by atoms with Crippen molar-refractivity contribution in [3.05, 3.63) is 29.8 Å². The topological polar surface area (TPSA) is 84.9 Å². The molecule has 1 amide bonds. The molecule has 2 unspecified atom stereocenters. The van der Waals surface area contributed by atoms with Gasteiger partial charge >= 0.3 is 5.97 Å². The van der Waals surface area contributed by atoms with E-state index >= 15 is 0 Å². The molecule has 0 aliphatic carbocycles. The van der Waals surface area contributed by atoms with Crippen molar-refractivity contribution in [1.82, 2.24) is 5.32 Å². The zero-order valence-corrected chi connectivity index (χ0v) is 12.6. The molecule has 1 aromatic carbocycles. The van der Waals surface area contributed by atoms with Crippen LogP contribution in [0.25, 0.3) is 0 Å². The molecule has 1 aliphatic heterocycles. The number of hydrogen-bond acceptors (Lipinski definition) is 4. The zero-order valence-electron chi connectivity index (χ0n) is 12.6. The van der Waals surface area contributed by atoms with Gasteiger partial charge in [0.25, 0.3) is 0 Å². The molecule has 0 saturated carbocycles. The highest BCUT2D eigenvalue weighted by Crippen LogP contribution is 2.17. The minimum atomic E-state index is -1.05. The smallest absolute Gasteiger partial charge is 0.326 e. The summed E-state index contributed by atoms with van der Waals surface area (Å²) in [6.45, 7) is 2.63. The van der Waals surface area contributed by atoms with E-state index in [0.717, 1.165) is 30.8 Å². The molecule has 6 heteroatoms. The molecule has 6 nitrogen and oxygen atoms in total. The van der Waals surface area contributed by atoms with E-state index in [1.54, 1.807) is 12.1 Å². The number of carboxylic acid groups (broad SMARTS) is 1. The summed E-state index contributed by atoms with van der Waals surface area (Å²) in [5.74, 6) is -0.677. The normalized spacial score (nSPS) is 18.7. The number of carbonyl (C=O) groups is 2. The average Bonchev–Trinajstić information content (AvgIpc) is 2.98. The first-order valence-electron chi connectivity index (χ1n) is 7.38. The summed E-state index contributed by atoms with van der Waals surface area (Å²) in [7, 11) is 0. The monoisotopic (exact) mass is 307 g/mol. The van der Waals surface area contributed by atoms with Crippen LogP contribution in [0.5, 0.6) is 5.75 Å². The number of aliphatic carboxylic acids is 1. The predicted octanol–water partition coefficient (Wildman–Crippen LogP) is 1.38. The van der Waals surface area contributed by atoms with Crippen molar-refractivity contribution in [1.29, 1.82) is 0 Å². The molecule has 0 radical (unpaired) electrons. The molecule has 2 rings (SSSR count). The van der Waals surface area contributed by atoms with Crippen LogP contribution in [0.2, 0.25) is 0 Å². The Kier molecular flexibility index (Phi) is 5.77. The Morgan fingerprint density at radius 1 is 1.41 bits per heavy atom. The summed E-state index contributed by atoms with van der Waals surface area (Å²) in [4.78, 5) is 22.1. The van der Waals surface area contributed by atoms with Gasteiger partial charge in [0.2, 0.25) is 5.91 Å². The van der Waals surface area contributed by atoms with E-state index in [0.29, 0.717) is 6.61 Å². The van der Waals surface area contributed by atoms with E-state index in [-0.39, 0.29) is 18.4 Å². The Bertz CT molecular complexity index is 508. The Hall–Kier alpha value is -2.08. The van der Waals surface area contributed by atoms with Crippen LogP contribution in [0, 0.1) is 0 Å². The Balaban J connectivity index is 1.87. The van der Waals surface area contributed by atoms with Gasteiger partial charge in [-0.2, -0.15) is 0 Å². The van der Waals surface area contributed by atoms with Crippen molar-refractivity contribution in [2.45, 2.75) is 38.3 Å². The second-order valence-corrected chi connectivity index (χ2v) is 5.39. The molecule has 1 fully saturated rings. The third-order valence-corrected chi connectivity index (χ3v) is 3.50. The van der Waals surface area contributed by atoms with E-state index in [1.165, 1.54) is 6.92 Å². The molecule has 2 N–H and O–H groups in total. The molecule has 2 atom stereocenters. The van der Waals surface area contributed by atoms with E-state index < -0.39 is 12.0 Å². The minimum absolute atomic E-state index is 0.163. The van der Waals surface area contributed by atoms with Gasteiger partial charge in [-0.05, 0) is 30.5 Å². The molecule has 0 aromatic heterocycles. The van der Waals surface area contributed by atoms with Crippen LogP contribution in [0.4, 0.5) is 0 Å². The van der Waals surface area contributed by atoms with Crippen LogP contribution in [-0.2, 0) is 20.7 Å². The Morgan fingerprint density at radius 2 is 2.14 bits per heavy atom. The maximum atomic E-state index is 11.1. The van der Waals surface area contributed by atoms with Gasteiger partial charge in [-0.1, -0.05) is 12.1 Å². The molecule has 22 heavy (non-hydrogen) atoms. The van der Waals surface area contributed by atoms with Crippen molar-refractivity contribution in [3.63, 3.8) is 0 Å². The zero-order chi connectivity index (χ0) is 15.9. The first-order chi connectivity index (χ1) is 10.5. The van der Waals surface area contributed by atoms with Gasteiger partial charge in [0.05, 0.1) is 6.10 Å². The minimum Gasteiger partial charge on any atom is -0.491 e. The lowest BCUT2D eigenvalue weighted by Gasteiger charge is -2.14. The fourth-order valence-corrected chi connectivity index (χ4v) is 2.37. The lowest BCUT2D eigenvalue weighted by Crippen LogP contribution is -2.41. The van der Waals surface area contributed by atoms with Crippen LogP contribution in [-0.4, -0.2) is 42.3 Å². The predicted molar refractivity (Wildman–Crippen MR) is 79.9 cm³/mol. The highest BCUT2D eigenvalue weighted by atomic mass is 16.5. The molecule has 1 aromatic rings. The number of amides is 1. The molecular weight excluding hydrogens is 286 g/mol. The SMILES string of the molecule is CC(=O)NC(Cc1ccc(OCC2CCCO2)cc1)C(=O)O. The van der Waals surface area contributed by atoms with Gasteiger partial charge in [0.1, 0.15) is 18.4 Å². The molecule has 1 saturated heterocycles. The molecule has 1 aliphatic rings. The second-order valence-electron chi connectivity index (χ2n) is 5.39. The second kappa shape index (κ2) is 7.79. The summed E-state index contributed by atoms with van der Waals surface area (Å²) >= 11 is 0. The van der Waals surface area contributed by atoms with Crippen molar-refractivity contribution in [2.75, 3.05) is 13.2 Å². The fraction of sp³-hybridized carbons (Fsp3) is 0.500. The summed E-state index contributed by atoms with van der Waals surface area (Å²) in [5, 5.41) is 11.5. The van der Waals surface area contributed by atoms with Gasteiger partial charge in [-0.15, -0.1) is 0 Å². The van der Waals surface area contributed by atoms with Gasteiger partial charge in [0.15, 0.2) is 0 Å². The molecule has 1 heterocycles. The van der Waals surface area contributed by atoms with Gasteiger partial charge in [-0.25, -0.2) is 4.79 Å². The standard InChI is InChI=1S/C16H21NO5/c1-11(18)17-15(16(19)20)9-12-4-6-13(7-5-12)22-10-14-3-2-8-21-14/h4-7,14-15H,2-3,8-10H2,1H3,(H,17,18)(H,19,20). The van der Waals surface area contributed by atoms with E-state index in [9.17, 15) is 9.59 Å². The van der Waals surface area contributed by atoms with E-state index in [2.05, 4.69) is 5.32 Å². The van der Waals surface area contributed by atoms with Gasteiger partial charge in [0, 0.05) is 20.0 Å². The maximum Gasteiger partial charge on any atom is 0.326 e. The molecule has 0 spiro atoms. The third kappa shape index (κ3) is 5.04. The fourth-order valence-electron chi connectivity index (χ4n) is 2.37. The number of carboxylic acids is 1. The summed E-state index contributed by atoms with van der Waals surface area (Å²) < 4.78 is 11.1. The summed E-state index contributed by atoms with van der Waals surface area (Å²) in [6.07, 6.45) is 2.50. The number of carbonyl (C=O) groups excluding carboxylic acids is 1. The van der Waals surface area contributed by atoms with Crippen molar-refractivity contribution >= 4 is 11.9 Å². The maximum absolute atomic E-state index is 11.1.